The minimum absolute atomic E-state index is 0.104. The maximum atomic E-state index is 13.2. The van der Waals surface area contributed by atoms with Gasteiger partial charge in [-0.05, 0) is 12.1 Å². The average Bonchev–Trinajstić information content (AvgIpc) is 2.81. The summed E-state index contributed by atoms with van der Waals surface area (Å²) in [6.45, 7) is 1.21. The quantitative estimate of drug-likeness (QED) is 0.670. The number of likely N-dealkylation sites (tertiary alicyclic amines) is 1. The highest BCUT2D eigenvalue weighted by Crippen LogP contribution is 2.28. The zero-order chi connectivity index (χ0) is 15.0. The predicted molar refractivity (Wildman–Crippen MR) is 75.7 cm³/mol. The Morgan fingerprint density at radius 1 is 1.33 bits per heavy atom. The topological polar surface area (TPSA) is 70.4 Å². The minimum atomic E-state index is -2.54. The van der Waals surface area contributed by atoms with Crippen molar-refractivity contribution in [3.8, 4) is 0 Å². The number of aromatic nitrogens is 2. The molecule has 0 bridgehead atoms. The van der Waals surface area contributed by atoms with E-state index < -0.39 is 5.92 Å². The number of pyridine rings is 1. The van der Waals surface area contributed by atoms with Crippen LogP contribution in [0.3, 0.4) is 0 Å². The summed E-state index contributed by atoms with van der Waals surface area (Å²) >= 11 is 0. The summed E-state index contributed by atoms with van der Waals surface area (Å²) in [4.78, 5) is 6.37. The van der Waals surface area contributed by atoms with Gasteiger partial charge >= 0.3 is 0 Å². The van der Waals surface area contributed by atoms with E-state index in [9.17, 15) is 8.78 Å². The van der Waals surface area contributed by atoms with Gasteiger partial charge in [-0.3, -0.25) is 14.7 Å². The first kappa shape index (κ1) is 13.9. The smallest absolute Gasteiger partial charge is 0.250 e. The zero-order valence-corrected chi connectivity index (χ0v) is 11.5. The number of amidine groups is 1. The Kier molecular flexibility index (Phi) is 3.36. The fourth-order valence-corrected chi connectivity index (χ4v) is 2.66. The van der Waals surface area contributed by atoms with Crippen molar-refractivity contribution in [1.29, 1.82) is 5.41 Å². The molecule has 0 spiro atoms. The molecule has 0 aromatic carbocycles. The fourth-order valence-electron chi connectivity index (χ4n) is 2.66. The molecule has 7 heteroatoms. The number of halogens is 2. The molecule has 1 aliphatic rings. The summed E-state index contributed by atoms with van der Waals surface area (Å²) < 4.78 is 28.1. The molecule has 0 atom stereocenters. The van der Waals surface area contributed by atoms with Crippen LogP contribution in [0.15, 0.2) is 24.4 Å². The Hall–Kier alpha value is -2.02. The number of fused-ring (bicyclic) bond motifs is 1. The normalized spacial score (nSPS) is 19.0. The second-order valence-electron chi connectivity index (χ2n) is 5.38. The molecule has 2 aromatic heterocycles. The Bertz CT molecular complexity index is 669. The van der Waals surface area contributed by atoms with Crippen LogP contribution in [0.1, 0.15) is 24.4 Å². The lowest BCUT2D eigenvalue weighted by atomic mass is 10.1. The van der Waals surface area contributed by atoms with Crippen LogP contribution >= 0.6 is 0 Å². The summed E-state index contributed by atoms with van der Waals surface area (Å²) in [7, 11) is 0. The third-order valence-electron chi connectivity index (χ3n) is 3.83. The summed E-state index contributed by atoms with van der Waals surface area (Å²) in [6, 6.07) is 5.62. The van der Waals surface area contributed by atoms with Crippen molar-refractivity contribution in [1.82, 2.24) is 14.3 Å². The van der Waals surface area contributed by atoms with Crippen molar-refractivity contribution >= 4 is 11.4 Å². The van der Waals surface area contributed by atoms with Crippen LogP contribution in [-0.2, 0) is 6.54 Å². The van der Waals surface area contributed by atoms with Gasteiger partial charge in [0, 0.05) is 38.7 Å². The van der Waals surface area contributed by atoms with E-state index in [1.54, 1.807) is 10.6 Å². The van der Waals surface area contributed by atoms with E-state index in [1.165, 1.54) is 0 Å². The number of nitrogens with one attached hydrogen (secondary N) is 1. The third kappa shape index (κ3) is 2.73. The predicted octanol–water partition coefficient (Wildman–Crippen LogP) is 1.85. The first-order valence-corrected chi connectivity index (χ1v) is 6.87. The Morgan fingerprint density at radius 2 is 2.05 bits per heavy atom. The van der Waals surface area contributed by atoms with Gasteiger partial charge in [-0.25, -0.2) is 13.8 Å². The number of imidazole rings is 1. The van der Waals surface area contributed by atoms with E-state index in [0.29, 0.717) is 25.5 Å². The molecule has 0 unspecified atom stereocenters. The number of hydrogen-bond acceptors (Lipinski definition) is 3. The van der Waals surface area contributed by atoms with Crippen molar-refractivity contribution in [2.45, 2.75) is 25.3 Å². The molecular weight excluding hydrogens is 276 g/mol. The van der Waals surface area contributed by atoms with Crippen LogP contribution in [0.2, 0.25) is 0 Å². The number of hydrogen-bond donors (Lipinski definition) is 2. The minimum Gasteiger partial charge on any atom is -0.381 e. The van der Waals surface area contributed by atoms with Crippen molar-refractivity contribution in [2.24, 2.45) is 5.73 Å². The van der Waals surface area contributed by atoms with Crippen molar-refractivity contribution in [3.63, 3.8) is 0 Å². The Balaban J connectivity index is 1.86. The lowest BCUT2D eigenvalue weighted by Crippen LogP contribution is -2.38. The summed E-state index contributed by atoms with van der Waals surface area (Å²) in [5, 5.41) is 7.58. The van der Waals surface area contributed by atoms with E-state index in [1.807, 2.05) is 23.1 Å². The van der Waals surface area contributed by atoms with Gasteiger partial charge in [0.05, 0.1) is 11.2 Å². The number of rotatable bonds is 3. The maximum Gasteiger partial charge on any atom is 0.250 e. The van der Waals surface area contributed by atoms with Crippen LogP contribution < -0.4 is 5.73 Å². The van der Waals surface area contributed by atoms with Crippen LogP contribution in [0.4, 0.5) is 8.78 Å². The van der Waals surface area contributed by atoms with Gasteiger partial charge in [0.25, 0.3) is 5.92 Å². The molecule has 0 radical (unpaired) electrons. The molecule has 0 saturated carbocycles. The number of nitrogens with two attached hydrogens (primary N) is 1. The van der Waals surface area contributed by atoms with Crippen molar-refractivity contribution in [2.75, 3.05) is 13.1 Å². The molecule has 112 valence electrons. The first-order valence-electron chi connectivity index (χ1n) is 6.87. The lowest BCUT2D eigenvalue weighted by molar-refractivity contribution is -0.0567. The van der Waals surface area contributed by atoms with Gasteiger partial charge in [0.1, 0.15) is 0 Å². The van der Waals surface area contributed by atoms with Gasteiger partial charge in [-0.1, -0.05) is 6.07 Å². The highest BCUT2D eigenvalue weighted by Gasteiger charge is 2.34. The van der Waals surface area contributed by atoms with E-state index in [0.717, 1.165) is 11.2 Å². The summed E-state index contributed by atoms with van der Waals surface area (Å²) in [5.41, 5.74) is 7.18. The first-order chi connectivity index (χ1) is 9.96. The Morgan fingerprint density at radius 3 is 2.71 bits per heavy atom. The number of nitrogens with zero attached hydrogens (tertiary/aromatic N) is 3. The molecule has 5 nitrogen and oxygen atoms in total. The highest BCUT2D eigenvalue weighted by atomic mass is 19.3. The molecule has 0 amide bonds. The third-order valence-corrected chi connectivity index (χ3v) is 3.83. The van der Waals surface area contributed by atoms with Gasteiger partial charge in [-0.15, -0.1) is 0 Å². The van der Waals surface area contributed by atoms with Crippen molar-refractivity contribution in [3.05, 3.63) is 35.9 Å². The number of nitrogen functional groups attached to an aromatic ring is 1. The lowest BCUT2D eigenvalue weighted by Gasteiger charge is -2.31. The van der Waals surface area contributed by atoms with Crippen molar-refractivity contribution < 1.29 is 8.78 Å². The molecule has 0 aliphatic carbocycles. The van der Waals surface area contributed by atoms with E-state index in [-0.39, 0.29) is 18.7 Å². The summed E-state index contributed by atoms with van der Waals surface area (Å²) in [6.07, 6.45) is 1.57. The molecule has 21 heavy (non-hydrogen) atoms. The standard InChI is InChI=1S/C14H17F2N5/c15-14(16)4-7-20(8-5-14)9-10-11-3-1-2-6-21(11)13(19-10)12(17)18/h1-3,6H,4-5,7-9H2,(H3,17,18). The van der Waals surface area contributed by atoms with Gasteiger partial charge in [0.2, 0.25) is 0 Å². The molecule has 1 fully saturated rings. The highest BCUT2D eigenvalue weighted by molar-refractivity contribution is 5.92. The van der Waals surface area contributed by atoms with Gasteiger partial charge < -0.3 is 5.73 Å². The van der Waals surface area contributed by atoms with Crippen LogP contribution in [0, 0.1) is 5.41 Å². The van der Waals surface area contributed by atoms with Crippen LogP contribution in [0.25, 0.3) is 5.52 Å². The SMILES string of the molecule is N=C(N)c1nc(CN2CCC(F)(F)CC2)c2ccccn12. The molecular formula is C14H17F2N5. The largest absolute Gasteiger partial charge is 0.381 e. The van der Waals surface area contributed by atoms with Gasteiger partial charge in [0.15, 0.2) is 11.7 Å². The molecule has 1 aliphatic heterocycles. The number of alkyl halides is 2. The molecule has 1 saturated heterocycles. The molecule has 3 heterocycles. The second kappa shape index (κ2) is 5.07. The Labute approximate surface area is 120 Å². The van der Waals surface area contributed by atoms with E-state index in [2.05, 4.69) is 4.98 Å². The summed E-state index contributed by atoms with van der Waals surface area (Å²) in [5.74, 6) is -2.26. The molecule has 3 N–H and O–H groups in total. The fraction of sp³-hybridized carbons (Fsp3) is 0.429. The average molecular weight is 293 g/mol. The van der Waals surface area contributed by atoms with E-state index in [4.69, 9.17) is 11.1 Å². The monoisotopic (exact) mass is 293 g/mol. The zero-order valence-electron chi connectivity index (χ0n) is 11.5. The van der Waals surface area contributed by atoms with Gasteiger partial charge in [-0.2, -0.15) is 0 Å². The number of piperidine rings is 1. The maximum absolute atomic E-state index is 13.2. The van der Waals surface area contributed by atoms with Crippen LogP contribution in [0.5, 0.6) is 0 Å². The molecule has 3 rings (SSSR count). The van der Waals surface area contributed by atoms with E-state index >= 15 is 0 Å². The van der Waals surface area contributed by atoms with Crippen LogP contribution in [-0.4, -0.2) is 39.1 Å². The second-order valence-corrected chi connectivity index (χ2v) is 5.38. The molecule has 2 aromatic rings.